The highest BCUT2D eigenvalue weighted by Gasteiger charge is 2.33. The number of nitrogens with zero attached hydrogens (tertiary/aromatic N) is 4. The van der Waals surface area contributed by atoms with Gasteiger partial charge in [0.1, 0.15) is 0 Å². The molecule has 112 valence electrons. The maximum Gasteiger partial charge on any atom is 0.351 e. The van der Waals surface area contributed by atoms with Crippen molar-refractivity contribution < 1.29 is 0 Å². The molecule has 1 saturated carbocycles. The van der Waals surface area contributed by atoms with Crippen LogP contribution in [0.4, 0.5) is 0 Å². The van der Waals surface area contributed by atoms with E-state index >= 15 is 0 Å². The van der Waals surface area contributed by atoms with Gasteiger partial charge in [-0.15, -0.1) is 5.10 Å². The summed E-state index contributed by atoms with van der Waals surface area (Å²) in [5.41, 5.74) is 0.711. The van der Waals surface area contributed by atoms with E-state index < -0.39 is 0 Å². The summed E-state index contributed by atoms with van der Waals surface area (Å²) in [4.78, 5) is 14.9. The minimum Gasteiger partial charge on any atom is -0.281 e. The number of rotatable bonds is 2. The van der Waals surface area contributed by atoms with Crippen molar-refractivity contribution in [2.45, 2.75) is 51.2 Å². The SMILES string of the molecule is O=c1n(CN2CCC[C@H]3CCCC[C@H]32)nc2ccccn12. The quantitative estimate of drug-likeness (QED) is 0.849. The van der Waals surface area contributed by atoms with Crippen LogP contribution < -0.4 is 5.69 Å². The van der Waals surface area contributed by atoms with Crippen molar-refractivity contribution in [1.29, 1.82) is 0 Å². The van der Waals surface area contributed by atoms with Crippen molar-refractivity contribution in [2.75, 3.05) is 6.54 Å². The van der Waals surface area contributed by atoms with Crippen molar-refractivity contribution in [3.8, 4) is 0 Å². The molecule has 4 rings (SSSR count). The molecule has 5 nitrogen and oxygen atoms in total. The van der Waals surface area contributed by atoms with Gasteiger partial charge in [0.15, 0.2) is 5.65 Å². The summed E-state index contributed by atoms with van der Waals surface area (Å²) >= 11 is 0. The Morgan fingerprint density at radius 1 is 1.14 bits per heavy atom. The van der Waals surface area contributed by atoms with Crippen LogP contribution >= 0.6 is 0 Å². The molecule has 0 spiro atoms. The average molecular weight is 286 g/mol. The van der Waals surface area contributed by atoms with E-state index in [4.69, 9.17) is 0 Å². The predicted molar refractivity (Wildman–Crippen MR) is 81.1 cm³/mol. The van der Waals surface area contributed by atoms with Gasteiger partial charge in [-0.3, -0.25) is 9.30 Å². The number of piperidine rings is 1. The summed E-state index contributed by atoms with van der Waals surface area (Å²) in [5.74, 6) is 0.834. The Kier molecular flexibility index (Phi) is 3.30. The van der Waals surface area contributed by atoms with Crippen molar-refractivity contribution in [3.05, 3.63) is 34.9 Å². The summed E-state index contributed by atoms with van der Waals surface area (Å²) in [6.45, 7) is 1.74. The first-order chi connectivity index (χ1) is 10.3. The monoisotopic (exact) mass is 286 g/mol. The lowest BCUT2D eigenvalue weighted by Crippen LogP contribution is -2.48. The number of fused-ring (bicyclic) bond motifs is 2. The van der Waals surface area contributed by atoms with E-state index in [9.17, 15) is 4.79 Å². The summed E-state index contributed by atoms with van der Waals surface area (Å²) < 4.78 is 3.26. The minimum atomic E-state index is -0.0245. The van der Waals surface area contributed by atoms with Crippen LogP contribution in [-0.2, 0) is 6.67 Å². The van der Waals surface area contributed by atoms with Crippen LogP contribution in [-0.4, -0.2) is 31.7 Å². The van der Waals surface area contributed by atoms with E-state index in [1.807, 2.05) is 18.2 Å². The molecule has 1 aliphatic carbocycles. The smallest absolute Gasteiger partial charge is 0.281 e. The zero-order chi connectivity index (χ0) is 14.2. The lowest BCUT2D eigenvalue weighted by molar-refractivity contribution is 0.0319. The van der Waals surface area contributed by atoms with Crippen LogP contribution in [0.2, 0.25) is 0 Å². The van der Waals surface area contributed by atoms with E-state index in [1.54, 1.807) is 15.3 Å². The van der Waals surface area contributed by atoms with Gasteiger partial charge in [-0.05, 0) is 43.7 Å². The third-order valence-corrected chi connectivity index (χ3v) is 5.16. The number of hydrogen-bond acceptors (Lipinski definition) is 3. The number of hydrogen-bond donors (Lipinski definition) is 0. The molecule has 2 aromatic heterocycles. The highest BCUT2D eigenvalue weighted by Crippen LogP contribution is 2.35. The van der Waals surface area contributed by atoms with E-state index in [1.165, 1.54) is 38.5 Å². The standard InChI is InChI=1S/C16H22N4O/c21-16-19-11-4-3-9-15(19)17-20(16)12-18-10-5-7-13-6-1-2-8-14(13)18/h3-4,9,11,13-14H,1-2,5-8,10,12H2/t13-,14-/m1/s1. The Bertz CT molecular complexity index is 687. The second-order valence-electron chi connectivity index (χ2n) is 6.42. The number of aromatic nitrogens is 3. The first-order valence-corrected chi connectivity index (χ1v) is 8.11. The summed E-state index contributed by atoms with van der Waals surface area (Å²) in [5, 5.41) is 4.47. The van der Waals surface area contributed by atoms with Crippen molar-refractivity contribution in [3.63, 3.8) is 0 Å². The highest BCUT2D eigenvalue weighted by atomic mass is 16.2. The molecule has 0 amide bonds. The highest BCUT2D eigenvalue weighted by molar-refractivity contribution is 5.35. The van der Waals surface area contributed by atoms with Crippen LogP contribution in [0.5, 0.6) is 0 Å². The zero-order valence-corrected chi connectivity index (χ0v) is 12.3. The van der Waals surface area contributed by atoms with Crippen molar-refractivity contribution >= 4 is 5.65 Å². The van der Waals surface area contributed by atoms with Gasteiger partial charge in [0.2, 0.25) is 0 Å². The Hall–Kier alpha value is -1.62. The largest absolute Gasteiger partial charge is 0.351 e. The van der Waals surface area contributed by atoms with Gasteiger partial charge in [-0.1, -0.05) is 18.9 Å². The fourth-order valence-corrected chi connectivity index (χ4v) is 4.14. The van der Waals surface area contributed by atoms with Crippen LogP contribution in [0.15, 0.2) is 29.2 Å². The third kappa shape index (κ3) is 2.29. The molecule has 21 heavy (non-hydrogen) atoms. The molecule has 1 aliphatic heterocycles. The summed E-state index contributed by atoms with van der Waals surface area (Å²) in [6.07, 6.45) is 9.76. The van der Waals surface area contributed by atoms with Crippen LogP contribution in [0.1, 0.15) is 38.5 Å². The van der Waals surface area contributed by atoms with E-state index in [0.717, 1.165) is 18.1 Å². The molecule has 2 aliphatic rings. The fraction of sp³-hybridized carbons (Fsp3) is 0.625. The van der Waals surface area contributed by atoms with Gasteiger partial charge in [-0.25, -0.2) is 4.79 Å². The maximum atomic E-state index is 12.4. The fourth-order valence-electron chi connectivity index (χ4n) is 4.14. The average Bonchev–Trinajstić information content (AvgIpc) is 2.85. The van der Waals surface area contributed by atoms with Gasteiger partial charge in [0.25, 0.3) is 0 Å². The minimum absolute atomic E-state index is 0.0245. The molecular formula is C16H22N4O. The third-order valence-electron chi connectivity index (χ3n) is 5.16. The lowest BCUT2D eigenvalue weighted by Gasteiger charge is -2.43. The molecule has 0 radical (unpaired) electrons. The number of likely N-dealkylation sites (tertiary alicyclic amines) is 1. The van der Waals surface area contributed by atoms with Gasteiger partial charge in [0, 0.05) is 18.8 Å². The topological polar surface area (TPSA) is 42.5 Å². The Morgan fingerprint density at radius 2 is 2.00 bits per heavy atom. The molecule has 3 heterocycles. The molecule has 0 bridgehead atoms. The second kappa shape index (κ2) is 5.30. The summed E-state index contributed by atoms with van der Waals surface area (Å²) in [6, 6.07) is 6.34. The van der Waals surface area contributed by atoms with Gasteiger partial charge >= 0.3 is 5.69 Å². The van der Waals surface area contributed by atoms with Crippen LogP contribution in [0.3, 0.4) is 0 Å². The molecule has 0 aromatic carbocycles. The molecule has 2 aromatic rings. The Balaban J connectivity index is 1.61. The van der Waals surface area contributed by atoms with Crippen molar-refractivity contribution in [1.82, 2.24) is 19.1 Å². The van der Waals surface area contributed by atoms with Gasteiger partial charge in [-0.2, -0.15) is 4.68 Å². The summed E-state index contributed by atoms with van der Waals surface area (Å²) in [7, 11) is 0. The Morgan fingerprint density at radius 3 is 2.90 bits per heavy atom. The van der Waals surface area contributed by atoms with Crippen LogP contribution in [0.25, 0.3) is 5.65 Å². The Labute approximate surface area is 124 Å². The van der Waals surface area contributed by atoms with Crippen LogP contribution in [0, 0.1) is 5.92 Å². The molecule has 2 fully saturated rings. The molecule has 0 N–H and O–H groups in total. The molecular weight excluding hydrogens is 264 g/mol. The number of pyridine rings is 1. The molecule has 5 heteroatoms. The zero-order valence-electron chi connectivity index (χ0n) is 12.3. The van der Waals surface area contributed by atoms with Gasteiger partial charge in [0.05, 0.1) is 6.67 Å². The van der Waals surface area contributed by atoms with Crippen molar-refractivity contribution in [2.24, 2.45) is 5.92 Å². The van der Waals surface area contributed by atoms with Gasteiger partial charge < -0.3 is 0 Å². The van der Waals surface area contributed by atoms with E-state index in [0.29, 0.717) is 12.7 Å². The van der Waals surface area contributed by atoms with E-state index in [-0.39, 0.29) is 5.69 Å². The van der Waals surface area contributed by atoms with E-state index in [2.05, 4.69) is 10.00 Å². The molecule has 0 unspecified atom stereocenters. The lowest BCUT2D eigenvalue weighted by atomic mass is 9.78. The molecule has 2 atom stereocenters. The normalized spacial score (nSPS) is 26.9. The first-order valence-electron chi connectivity index (χ1n) is 8.11. The second-order valence-corrected chi connectivity index (χ2v) is 6.42. The predicted octanol–water partition coefficient (Wildman–Crippen LogP) is 2.11. The molecule has 1 saturated heterocycles. The first kappa shape index (κ1) is 13.1. The maximum absolute atomic E-state index is 12.4.